The molecule has 220 valence electrons. The minimum atomic E-state index is -4.92. The highest BCUT2D eigenvalue weighted by molar-refractivity contribution is 7.93. The second-order valence-electron chi connectivity index (χ2n) is 10.4. The Morgan fingerprint density at radius 2 is 1.80 bits per heavy atom. The number of hydrogen-bond donors (Lipinski definition) is 1. The van der Waals surface area contributed by atoms with Crippen LogP contribution in [0, 0.1) is 6.92 Å². The molecule has 1 aliphatic rings. The summed E-state index contributed by atoms with van der Waals surface area (Å²) in [5, 5.41) is 9.36. The summed E-state index contributed by atoms with van der Waals surface area (Å²) in [7, 11) is -3.33. The SMILES string of the molecule is Cc1c(C(F)(F)F)nnc(N2CCCC(F)(F)CC2)c1C(=O)Nc1cccc([S@](C)(=O)=NC(=O)OC(C)(C)C)c1. The van der Waals surface area contributed by atoms with Crippen LogP contribution in [0.5, 0.6) is 0 Å². The number of ether oxygens (including phenoxy) is 1. The van der Waals surface area contributed by atoms with Crippen LogP contribution in [0.2, 0.25) is 0 Å². The van der Waals surface area contributed by atoms with Gasteiger partial charge in [0.2, 0.25) is 5.92 Å². The van der Waals surface area contributed by atoms with E-state index < -0.39 is 69.1 Å². The summed E-state index contributed by atoms with van der Waals surface area (Å²) in [6.07, 6.45) is -5.73. The monoisotopic (exact) mass is 591 g/mol. The number of aromatic nitrogens is 2. The van der Waals surface area contributed by atoms with Gasteiger partial charge in [-0.1, -0.05) is 6.07 Å². The number of alkyl halides is 5. The van der Waals surface area contributed by atoms with Gasteiger partial charge in [-0.2, -0.15) is 13.2 Å². The largest absolute Gasteiger partial charge is 0.442 e. The van der Waals surface area contributed by atoms with E-state index in [1.54, 1.807) is 20.8 Å². The van der Waals surface area contributed by atoms with Gasteiger partial charge in [-0.3, -0.25) is 4.79 Å². The smallest absolute Gasteiger partial charge is 0.442 e. The standard InChI is InChI=1S/C25H30F5N5O4S/c1-15-18(20(33-32-19(15)25(28,29)30)35-12-7-10-24(26,27)11-13-35)21(36)31-16-8-6-9-17(14-16)40(5,38)34-22(37)39-23(2,3)4/h6,8-9,14H,7,10-13H2,1-5H3,(H,31,36)/t40-/m0/s1. The van der Waals surface area contributed by atoms with Crippen LogP contribution < -0.4 is 10.2 Å². The van der Waals surface area contributed by atoms with Crippen molar-refractivity contribution in [2.24, 2.45) is 4.36 Å². The van der Waals surface area contributed by atoms with Gasteiger partial charge < -0.3 is 15.0 Å². The van der Waals surface area contributed by atoms with Crippen molar-refractivity contribution >= 4 is 33.2 Å². The fourth-order valence-corrected chi connectivity index (χ4v) is 5.13. The number of hydrogen-bond acceptors (Lipinski definition) is 7. The molecule has 0 radical (unpaired) electrons. The highest BCUT2D eigenvalue weighted by Gasteiger charge is 2.39. The Morgan fingerprint density at radius 3 is 2.42 bits per heavy atom. The molecule has 1 saturated heterocycles. The van der Waals surface area contributed by atoms with E-state index in [0.29, 0.717) is 0 Å². The van der Waals surface area contributed by atoms with E-state index >= 15 is 0 Å². The van der Waals surface area contributed by atoms with E-state index in [1.165, 1.54) is 35.4 Å². The van der Waals surface area contributed by atoms with Crippen LogP contribution in [-0.2, 0) is 20.6 Å². The van der Waals surface area contributed by atoms with Crippen LogP contribution in [0.3, 0.4) is 0 Å². The molecule has 1 fully saturated rings. The summed E-state index contributed by atoms with van der Waals surface area (Å²) in [6, 6.07) is 5.46. The number of carbonyl (C=O) groups excluding carboxylic acids is 2. The molecular formula is C25H30F5N5O4S. The van der Waals surface area contributed by atoms with Crippen molar-refractivity contribution in [3.05, 3.63) is 41.1 Å². The molecule has 0 spiro atoms. The Kier molecular flexibility index (Phi) is 8.77. The van der Waals surface area contributed by atoms with Crippen LogP contribution >= 0.6 is 0 Å². The van der Waals surface area contributed by atoms with Gasteiger partial charge in [-0.15, -0.1) is 14.6 Å². The van der Waals surface area contributed by atoms with Crippen molar-refractivity contribution in [3.8, 4) is 0 Å². The van der Waals surface area contributed by atoms with E-state index in [2.05, 4.69) is 19.9 Å². The summed E-state index contributed by atoms with van der Waals surface area (Å²) >= 11 is 0. The minimum Gasteiger partial charge on any atom is -0.442 e. The molecule has 2 heterocycles. The second kappa shape index (κ2) is 11.3. The molecule has 2 aromatic rings. The molecule has 1 atom stereocenters. The molecule has 1 aromatic heterocycles. The molecule has 3 rings (SSSR count). The van der Waals surface area contributed by atoms with E-state index in [4.69, 9.17) is 4.74 Å². The first-order chi connectivity index (χ1) is 18.3. The summed E-state index contributed by atoms with van der Waals surface area (Å²) in [6.45, 7) is 5.68. The molecular weight excluding hydrogens is 561 g/mol. The molecule has 0 unspecified atom stereocenters. The number of nitrogens with one attached hydrogen (secondary N) is 1. The van der Waals surface area contributed by atoms with Crippen molar-refractivity contribution in [3.63, 3.8) is 0 Å². The Balaban J connectivity index is 2.00. The van der Waals surface area contributed by atoms with Crippen molar-refractivity contribution in [1.82, 2.24) is 10.2 Å². The number of benzene rings is 1. The predicted octanol–water partition coefficient (Wildman–Crippen LogP) is 6.07. The summed E-state index contributed by atoms with van der Waals surface area (Å²) in [5.74, 6) is -4.22. The highest BCUT2D eigenvalue weighted by atomic mass is 32.2. The third kappa shape index (κ3) is 7.86. The third-order valence-corrected chi connectivity index (χ3v) is 7.51. The van der Waals surface area contributed by atoms with Crippen molar-refractivity contribution in [2.75, 3.05) is 29.6 Å². The number of carbonyl (C=O) groups is 2. The Bertz CT molecular complexity index is 1420. The van der Waals surface area contributed by atoms with Crippen LogP contribution in [-0.4, -0.2) is 57.3 Å². The molecule has 40 heavy (non-hydrogen) atoms. The summed E-state index contributed by atoms with van der Waals surface area (Å²) in [5.41, 5.74) is -3.23. The number of nitrogens with zero attached hydrogens (tertiary/aromatic N) is 4. The van der Waals surface area contributed by atoms with Gasteiger partial charge in [0.25, 0.3) is 5.91 Å². The van der Waals surface area contributed by atoms with Gasteiger partial charge in [-0.05, 0) is 57.9 Å². The zero-order valence-corrected chi connectivity index (χ0v) is 23.4. The maximum Gasteiger partial charge on any atom is 0.442 e. The number of amides is 2. The molecule has 1 aromatic carbocycles. The lowest BCUT2D eigenvalue weighted by atomic mass is 10.1. The van der Waals surface area contributed by atoms with Crippen LogP contribution in [0.15, 0.2) is 33.5 Å². The minimum absolute atomic E-state index is 0.0316. The Morgan fingerprint density at radius 1 is 1.12 bits per heavy atom. The lowest BCUT2D eigenvalue weighted by molar-refractivity contribution is -0.142. The molecule has 1 aliphatic heterocycles. The first-order valence-electron chi connectivity index (χ1n) is 12.2. The maximum atomic E-state index is 13.9. The molecule has 0 saturated carbocycles. The first-order valence-corrected chi connectivity index (χ1v) is 14.2. The van der Waals surface area contributed by atoms with E-state index in [9.17, 15) is 35.8 Å². The molecule has 0 bridgehead atoms. The summed E-state index contributed by atoms with van der Waals surface area (Å²) in [4.78, 5) is 26.9. The Labute approximate surface area is 228 Å². The van der Waals surface area contributed by atoms with Crippen molar-refractivity contribution < 1.29 is 40.5 Å². The van der Waals surface area contributed by atoms with Gasteiger partial charge in [0, 0.05) is 42.8 Å². The molecule has 1 N–H and O–H groups in total. The molecule has 15 heteroatoms. The van der Waals surface area contributed by atoms with Crippen LogP contribution in [0.25, 0.3) is 0 Å². The van der Waals surface area contributed by atoms with Crippen molar-refractivity contribution in [2.45, 2.75) is 69.6 Å². The number of halogens is 5. The van der Waals surface area contributed by atoms with E-state index in [0.717, 1.165) is 6.92 Å². The topological polar surface area (TPSA) is 114 Å². The lowest BCUT2D eigenvalue weighted by Crippen LogP contribution is -2.31. The second-order valence-corrected chi connectivity index (χ2v) is 12.7. The maximum absolute atomic E-state index is 13.9. The van der Waals surface area contributed by atoms with Gasteiger partial charge in [0.05, 0.1) is 15.3 Å². The number of rotatable bonds is 4. The first kappa shape index (κ1) is 31.2. The lowest BCUT2D eigenvalue weighted by Gasteiger charge is -2.25. The normalized spacial score (nSPS) is 17.4. The van der Waals surface area contributed by atoms with Gasteiger partial charge >= 0.3 is 12.3 Å². The zero-order chi connectivity index (χ0) is 30.1. The third-order valence-electron chi connectivity index (χ3n) is 5.88. The van der Waals surface area contributed by atoms with Gasteiger partial charge in [-0.25, -0.2) is 17.8 Å². The van der Waals surface area contributed by atoms with Crippen LogP contribution in [0.4, 0.5) is 38.3 Å². The average Bonchev–Trinajstić information content (AvgIpc) is 2.96. The van der Waals surface area contributed by atoms with Crippen molar-refractivity contribution in [1.29, 1.82) is 0 Å². The van der Waals surface area contributed by atoms with Gasteiger partial charge in [0.15, 0.2) is 11.5 Å². The van der Waals surface area contributed by atoms with E-state index in [1.807, 2.05) is 0 Å². The quantitative estimate of drug-likeness (QED) is 0.429. The Hall–Kier alpha value is -3.36. The average molecular weight is 592 g/mol. The molecule has 2 amide bonds. The fourth-order valence-electron chi connectivity index (χ4n) is 4.03. The van der Waals surface area contributed by atoms with Gasteiger partial charge in [0.1, 0.15) is 5.60 Å². The molecule has 9 nitrogen and oxygen atoms in total. The zero-order valence-electron chi connectivity index (χ0n) is 22.6. The molecule has 0 aliphatic carbocycles. The fraction of sp³-hybridized carbons (Fsp3) is 0.520. The predicted molar refractivity (Wildman–Crippen MR) is 138 cm³/mol. The van der Waals surface area contributed by atoms with E-state index in [-0.39, 0.29) is 35.9 Å². The number of anilines is 2. The summed E-state index contributed by atoms with van der Waals surface area (Å²) < 4.78 is 90.6. The van der Waals surface area contributed by atoms with Crippen LogP contribution in [0.1, 0.15) is 61.6 Å². The highest BCUT2D eigenvalue weighted by Crippen LogP contribution is 2.36.